The number of rotatable bonds is 6. The summed E-state index contributed by atoms with van der Waals surface area (Å²) in [4.78, 5) is 36.2. The molecule has 2 amide bonds. The number of amides is 2. The van der Waals surface area contributed by atoms with Crippen molar-refractivity contribution in [2.24, 2.45) is 0 Å². The van der Waals surface area contributed by atoms with Gasteiger partial charge >= 0.3 is 5.97 Å². The van der Waals surface area contributed by atoms with Crippen LogP contribution in [-0.2, 0) is 20.7 Å². The molecule has 7 heteroatoms. The number of carbonyl (C=O) groups is 3. The van der Waals surface area contributed by atoms with Gasteiger partial charge in [-0.25, -0.2) is 4.79 Å². The second-order valence-corrected chi connectivity index (χ2v) is 5.75. The summed E-state index contributed by atoms with van der Waals surface area (Å²) in [5, 5.41) is 14.4. The molecule has 27 heavy (non-hydrogen) atoms. The van der Waals surface area contributed by atoms with Gasteiger partial charge in [-0.2, -0.15) is 5.26 Å². The van der Waals surface area contributed by atoms with E-state index >= 15 is 0 Å². The molecule has 0 bridgehead atoms. The summed E-state index contributed by atoms with van der Waals surface area (Å²) in [6.07, 6.45) is 0.102. The van der Waals surface area contributed by atoms with E-state index in [-0.39, 0.29) is 17.9 Å². The Morgan fingerprint density at radius 1 is 1.11 bits per heavy atom. The first kappa shape index (κ1) is 19.7. The number of carbonyl (C=O) groups excluding carboxylic acids is 3. The summed E-state index contributed by atoms with van der Waals surface area (Å²) in [6, 6.07) is 14.4. The van der Waals surface area contributed by atoms with Crippen molar-refractivity contribution in [3.05, 3.63) is 65.2 Å². The zero-order valence-electron chi connectivity index (χ0n) is 15.0. The molecular weight excluding hydrogens is 346 g/mol. The highest BCUT2D eigenvalue weighted by Crippen LogP contribution is 2.16. The minimum Gasteiger partial charge on any atom is -0.467 e. The van der Waals surface area contributed by atoms with E-state index in [1.54, 1.807) is 42.5 Å². The molecular formula is C20H19N3O4. The minimum absolute atomic E-state index is 0.102. The summed E-state index contributed by atoms with van der Waals surface area (Å²) in [7, 11) is 1.23. The van der Waals surface area contributed by atoms with Gasteiger partial charge in [0.25, 0.3) is 5.91 Å². The van der Waals surface area contributed by atoms with E-state index < -0.39 is 17.9 Å². The molecule has 2 rings (SSSR count). The number of anilines is 1. The first-order chi connectivity index (χ1) is 13.0. The van der Waals surface area contributed by atoms with E-state index in [0.29, 0.717) is 16.8 Å². The summed E-state index contributed by atoms with van der Waals surface area (Å²) in [5.41, 5.74) is 1.59. The first-order valence-corrected chi connectivity index (χ1v) is 8.19. The van der Waals surface area contributed by atoms with Gasteiger partial charge in [-0.1, -0.05) is 30.3 Å². The van der Waals surface area contributed by atoms with Crippen molar-refractivity contribution in [3.63, 3.8) is 0 Å². The molecule has 0 aliphatic carbocycles. The predicted molar refractivity (Wildman–Crippen MR) is 98.9 cm³/mol. The van der Waals surface area contributed by atoms with E-state index in [1.807, 2.05) is 0 Å². The van der Waals surface area contributed by atoms with Crippen LogP contribution in [0.3, 0.4) is 0 Å². The van der Waals surface area contributed by atoms with E-state index in [1.165, 1.54) is 20.1 Å². The first-order valence-electron chi connectivity index (χ1n) is 8.19. The maximum Gasteiger partial charge on any atom is 0.328 e. The van der Waals surface area contributed by atoms with Gasteiger partial charge in [-0.3, -0.25) is 9.59 Å². The zero-order chi connectivity index (χ0) is 19.8. The molecule has 1 atom stereocenters. The monoisotopic (exact) mass is 365 g/mol. The van der Waals surface area contributed by atoms with Gasteiger partial charge in [0.1, 0.15) is 6.04 Å². The maximum atomic E-state index is 12.7. The van der Waals surface area contributed by atoms with Crippen molar-refractivity contribution in [3.8, 4) is 6.07 Å². The number of nitrogens with one attached hydrogen (secondary N) is 2. The number of hydrogen-bond acceptors (Lipinski definition) is 5. The Labute approximate surface area is 156 Å². The summed E-state index contributed by atoms with van der Waals surface area (Å²) in [5.74, 6) is -1.49. The topological polar surface area (TPSA) is 108 Å². The van der Waals surface area contributed by atoms with E-state index in [9.17, 15) is 19.6 Å². The van der Waals surface area contributed by atoms with Gasteiger partial charge in [-0.15, -0.1) is 0 Å². The second-order valence-electron chi connectivity index (χ2n) is 5.75. The normalized spacial score (nSPS) is 11.0. The lowest BCUT2D eigenvalue weighted by Gasteiger charge is -2.18. The fourth-order valence-electron chi connectivity index (χ4n) is 2.58. The SMILES string of the molecule is COC(=O)[C@@H](Cc1ccccc1C#N)NC(=O)c1ccccc1NC(C)=O. The molecule has 2 N–H and O–H groups in total. The van der Waals surface area contributed by atoms with Crippen LogP contribution < -0.4 is 10.6 Å². The van der Waals surface area contributed by atoms with Crippen LogP contribution in [0.15, 0.2) is 48.5 Å². The molecule has 0 unspecified atom stereocenters. The van der Waals surface area contributed by atoms with E-state index in [2.05, 4.69) is 16.7 Å². The Morgan fingerprint density at radius 2 is 1.78 bits per heavy atom. The lowest BCUT2D eigenvalue weighted by molar-refractivity contribution is -0.142. The number of para-hydroxylation sites is 1. The van der Waals surface area contributed by atoms with Crippen LogP contribution in [0.4, 0.5) is 5.69 Å². The van der Waals surface area contributed by atoms with Crippen molar-refractivity contribution in [1.29, 1.82) is 5.26 Å². The molecule has 7 nitrogen and oxygen atoms in total. The second kappa shape index (κ2) is 9.15. The minimum atomic E-state index is -0.984. The summed E-state index contributed by atoms with van der Waals surface area (Å²) >= 11 is 0. The molecule has 0 saturated carbocycles. The third-order valence-corrected chi connectivity index (χ3v) is 3.84. The maximum absolute atomic E-state index is 12.7. The van der Waals surface area contributed by atoms with Crippen LogP contribution in [0.5, 0.6) is 0 Å². The van der Waals surface area contributed by atoms with Crippen molar-refractivity contribution >= 4 is 23.5 Å². The molecule has 0 heterocycles. The fourth-order valence-corrected chi connectivity index (χ4v) is 2.58. The number of nitrogens with zero attached hydrogens (tertiary/aromatic N) is 1. The van der Waals surface area contributed by atoms with E-state index in [0.717, 1.165) is 0 Å². The third kappa shape index (κ3) is 5.16. The molecule has 0 aromatic heterocycles. The van der Waals surface area contributed by atoms with Crippen molar-refractivity contribution < 1.29 is 19.1 Å². The average Bonchev–Trinajstić information content (AvgIpc) is 2.67. The number of hydrogen-bond donors (Lipinski definition) is 2. The Kier molecular flexibility index (Phi) is 6.67. The fraction of sp³-hybridized carbons (Fsp3) is 0.200. The molecule has 0 saturated heterocycles. The highest BCUT2D eigenvalue weighted by molar-refractivity contribution is 6.04. The van der Waals surface area contributed by atoms with Gasteiger partial charge in [-0.05, 0) is 23.8 Å². The Hall–Kier alpha value is -3.66. The number of benzene rings is 2. The van der Waals surface area contributed by atoms with Gasteiger partial charge in [0, 0.05) is 13.3 Å². The Bertz CT molecular complexity index is 902. The van der Waals surface area contributed by atoms with Crippen LogP contribution in [-0.4, -0.2) is 30.9 Å². The van der Waals surface area contributed by atoms with Gasteiger partial charge in [0.05, 0.1) is 30.0 Å². The quantitative estimate of drug-likeness (QED) is 0.762. The van der Waals surface area contributed by atoms with Crippen molar-refractivity contribution in [2.75, 3.05) is 12.4 Å². The largest absolute Gasteiger partial charge is 0.467 e. The molecule has 2 aromatic carbocycles. The molecule has 0 radical (unpaired) electrons. The highest BCUT2D eigenvalue weighted by Gasteiger charge is 2.24. The molecule has 0 aliphatic rings. The standard InChI is InChI=1S/C20H19N3O4/c1-13(24)22-17-10-6-5-9-16(17)19(25)23-18(20(26)27-2)11-14-7-3-4-8-15(14)12-21/h3-10,18H,11H2,1-2H3,(H,22,24)(H,23,25)/t18-/m1/s1. The van der Waals surface area contributed by atoms with Gasteiger partial charge in [0.15, 0.2) is 0 Å². The Morgan fingerprint density at radius 3 is 2.44 bits per heavy atom. The Balaban J connectivity index is 2.27. The molecule has 0 fully saturated rings. The highest BCUT2D eigenvalue weighted by atomic mass is 16.5. The van der Waals surface area contributed by atoms with Crippen LogP contribution >= 0.6 is 0 Å². The van der Waals surface area contributed by atoms with Crippen LogP contribution in [0.2, 0.25) is 0 Å². The molecule has 0 spiro atoms. The van der Waals surface area contributed by atoms with Crippen molar-refractivity contribution in [2.45, 2.75) is 19.4 Å². The number of ether oxygens (including phenoxy) is 1. The smallest absolute Gasteiger partial charge is 0.328 e. The number of nitriles is 1. The van der Waals surface area contributed by atoms with Gasteiger partial charge < -0.3 is 15.4 Å². The number of esters is 1. The van der Waals surface area contributed by atoms with Crippen LogP contribution in [0.1, 0.15) is 28.4 Å². The zero-order valence-corrected chi connectivity index (χ0v) is 15.0. The van der Waals surface area contributed by atoms with E-state index in [4.69, 9.17) is 4.74 Å². The summed E-state index contributed by atoms with van der Waals surface area (Å²) < 4.78 is 4.78. The van der Waals surface area contributed by atoms with Crippen LogP contribution in [0, 0.1) is 11.3 Å². The van der Waals surface area contributed by atoms with Crippen molar-refractivity contribution in [1.82, 2.24) is 5.32 Å². The third-order valence-electron chi connectivity index (χ3n) is 3.84. The summed E-state index contributed by atoms with van der Waals surface area (Å²) in [6.45, 7) is 1.34. The van der Waals surface area contributed by atoms with Gasteiger partial charge in [0.2, 0.25) is 5.91 Å². The average molecular weight is 365 g/mol. The predicted octanol–water partition coefficient (Wildman–Crippen LogP) is 2.03. The number of methoxy groups -OCH3 is 1. The molecule has 138 valence electrons. The lowest BCUT2D eigenvalue weighted by atomic mass is 10.0. The molecule has 2 aromatic rings. The van der Waals surface area contributed by atoms with Crippen LogP contribution in [0.25, 0.3) is 0 Å². The molecule has 0 aliphatic heterocycles. The lowest BCUT2D eigenvalue weighted by Crippen LogP contribution is -2.43.